The van der Waals surface area contributed by atoms with Gasteiger partial charge in [-0.25, -0.2) is 4.98 Å². The second kappa shape index (κ2) is 8.01. The number of para-hydroxylation sites is 1. The number of fused-ring (bicyclic) bond motifs is 1. The van der Waals surface area contributed by atoms with Gasteiger partial charge in [0.05, 0.1) is 17.2 Å². The monoisotopic (exact) mass is 385 g/mol. The van der Waals surface area contributed by atoms with Gasteiger partial charge >= 0.3 is 5.97 Å². The zero-order valence-corrected chi connectivity index (χ0v) is 15.2. The lowest BCUT2D eigenvalue weighted by Gasteiger charge is -2.10. The molecule has 1 heterocycles. The molecule has 1 N–H and O–H groups in total. The van der Waals surface area contributed by atoms with Crippen LogP contribution in [0.3, 0.4) is 0 Å². The summed E-state index contributed by atoms with van der Waals surface area (Å²) >= 11 is 5.87. The highest BCUT2D eigenvalue weighted by atomic mass is 35.5. The largest absolute Gasteiger partial charge is 0.454 e. The van der Waals surface area contributed by atoms with Crippen LogP contribution < -0.4 is 10.9 Å². The van der Waals surface area contributed by atoms with Crippen LogP contribution in [0.1, 0.15) is 5.56 Å². The number of halogens is 1. The maximum absolute atomic E-state index is 12.3. The quantitative estimate of drug-likeness (QED) is 0.681. The molecule has 8 heteroatoms. The summed E-state index contributed by atoms with van der Waals surface area (Å²) in [6, 6.07) is 11.9. The molecule has 1 aromatic heterocycles. The van der Waals surface area contributed by atoms with Gasteiger partial charge in [-0.3, -0.25) is 19.0 Å². The summed E-state index contributed by atoms with van der Waals surface area (Å²) in [6.07, 6.45) is 1.28. The zero-order valence-electron chi connectivity index (χ0n) is 14.4. The molecule has 0 atom stereocenters. The number of benzene rings is 2. The van der Waals surface area contributed by atoms with Gasteiger partial charge in [0.2, 0.25) is 0 Å². The average Bonchev–Trinajstić information content (AvgIpc) is 2.65. The summed E-state index contributed by atoms with van der Waals surface area (Å²) in [5.74, 6) is -1.20. The number of nitrogens with zero attached hydrogens (tertiary/aromatic N) is 2. The van der Waals surface area contributed by atoms with Gasteiger partial charge in [0.15, 0.2) is 6.61 Å². The Morgan fingerprint density at radius 2 is 2.00 bits per heavy atom. The van der Waals surface area contributed by atoms with E-state index in [0.29, 0.717) is 21.6 Å². The van der Waals surface area contributed by atoms with Gasteiger partial charge in [0.1, 0.15) is 6.54 Å². The maximum atomic E-state index is 12.3. The summed E-state index contributed by atoms with van der Waals surface area (Å²) in [5.41, 5.74) is 1.56. The first-order chi connectivity index (χ1) is 12.9. The zero-order chi connectivity index (χ0) is 19.4. The Labute approximate surface area is 159 Å². The first-order valence-corrected chi connectivity index (χ1v) is 8.47. The van der Waals surface area contributed by atoms with E-state index in [4.69, 9.17) is 16.3 Å². The highest BCUT2D eigenvalue weighted by Gasteiger charge is 2.12. The van der Waals surface area contributed by atoms with E-state index in [9.17, 15) is 14.4 Å². The highest BCUT2D eigenvalue weighted by molar-refractivity contribution is 6.30. The number of rotatable bonds is 5. The lowest BCUT2D eigenvalue weighted by Crippen LogP contribution is -2.28. The number of nitrogens with one attached hydrogen (secondary N) is 1. The van der Waals surface area contributed by atoms with Crippen LogP contribution in [0.25, 0.3) is 10.9 Å². The van der Waals surface area contributed by atoms with Crippen LogP contribution in [0.15, 0.2) is 53.6 Å². The van der Waals surface area contributed by atoms with Gasteiger partial charge in [-0.05, 0) is 42.8 Å². The Morgan fingerprint density at radius 3 is 2.78 bits per heavy atom. The van der Waals surface area contributed by atoms with Crippen LogP contribution in [0, 0.1) is 6.92 Å². The first kappa shape index (κ1) is 18.6. The predicted octanol–water partition coefficient (Wildman–Crippen LogP) is 2.54. The summed E-state index contributed by atoms with van der Waals surface area (Å²) in [5, 5.41) is 3.60. The van der Waals surface area contributed by atoms with E-state index >= 15 is 0 Å². The van der Waals surface area contributed by atoms with Crippen LogP contribution in [0.5, 0.6) is 0 Å². The molecule has 3 aromatic rings. The van der Waals surface area contributed by atoms with Crippen molar-refractivity contribution in [3.05, 3.63) is 69.7 Å². The maximum Gasteiger partial charge on any atom is 0.326 e. The molecule has 0 saturated carbocycles. The minimum Gasteiger partial charge on any atom is -0.454 e. The molecule has 0 unspecified atom stereocenters. The number of carbonyl (C=O) groups is 2. The molecule has 0 aliphatic carbocycles. The van der Waals surface area contributed by atoms with Crippen molar-refractivity contribution in [3.8, 4) is 0 Å². The van der Waals surface area contributed by atoms with E-state index in [-0.39, 0.29) is 12.1 Å². The lowest BCUT2D eigenvalue weighted by atomic mass is 10.2. The smallest absolute Gasteiger partial charge is 0.326 e. The van der Waals surface area contributed by atoms with Crippen molar-refractivity contribution in [2.24, 2.45) is 0 Å². The number of carbonyl (C=O) groups excluding carboxylic acids is 2. The van der Waals surface area contributed by atoms with Crippen LogP contribution in [0.4, 0.5) is 5.69 Å². The highest BCUT2D eigenvalue weighted by Crippen LogP contribution is 2.19. The molecule has 27 heavy (non-hydrogen) atoms. The Kier molecular flexibility index (Phi) is 5.52. The molecular weight excluding hydrogens is 370 g/mol. The van der Waals surface area contributed by atoms with E-state index in [1.807, 2.05) is 0 Å². The van der Waals surface area contributed by atoms with Crippen LogP contribution in [0.2, 0.25) is 5.02 Å². The van der Waals surface area contributed by atoms with Crippen molar-refractivity contribution >= 4 is 40.1 Å². The average molecular weight is 386 g/mol. The van der Waals surface area contributed by atoms with Crippen LogP contribution in [-0.4, -0.2) is 28.0 Å². The fraction of sp³-hybridized carbons (Fsp3) is 0.158. The summed E-state index contributed by atoms with van der Waals surface area (Å²) in [7, 11) is 0. The van der Waals surface area contributed by atoms with Gasteiger partial charge in [0, 0.05) is 10.7 Å². The summed E-state index contributed by atoms with van der Waals surface area (Å²) in [4.78, 5) is 40.4. The Bertz CT molecular complexity index is 1080. The van der Waals surface area contributed by atoms with Crippen LogP contribution >= 0.6 is 11.6 Å². The van der Waals surface area contributed by atoms with Crippen molar-refractivity contribution in [2.45, 2.75) is 13.5 Å². The normalized spacial score (nSPS) is 10.6. The third kappa shape index (κ3) is 4.51. The molecule has 7 nitrogen and oxygen atoms in total. The van der Waals surface area contributed by atoms with Crippen molar-refractivity contribution in [2.75, 3.05) is 11.9 Å². The third-order valence-electron chi connectivity index (χ3n) is 3.86. The fourth-order valence-corrected chi connectivity index (χ4v) is 2.73. The van der Waals surface area contributed by atoms with Gasteiger partial charge in [-0.2, -0.15) is 0 Å². The van der Waals surface area contributed by atoms with Gasteiger partial charge in [0.25, 0.3) is 11.5 Å². The lowest BCUT2D eigenvalue weighted by molar-refractivity contribution is -0.147. The SMILES string of the molecule is Cc1cc(Cl)ccc1NC(=O)COC(=O)Cn1cnc2ccccc2c1=O. The molecule has 0 aliphatic heterocycles. The summed E-state index contributed by atoms with van der Waals surface area (Å²) in [6.45, 7) is 1.01. The van der Waals surface area contributed by atoms with Crippen molar-refractivity contribution in [1.29, 1.82) is 0 Å². The Balaban J connectivity index is 1.59. The predicted molar refractivity (Wildman–Crippen MR) is 102 cm³/mol. The molecule has 3 rings (SSSR count). The number of hydrogen-bond acceptors (Lipinski definition) is 5. The summed E-state index contributed by atoms with van der Waals surface area (Å²) < 4.78 is 6.09. The first-order valence-electron chi connectivity index (χ1n) is 8.10. The molecule has 2 aromatic carbocycles. The molecular formula is C19H16ClN3O4. The molecule has 138 valence electrons. The number of esters is 1. The van der Waals surface area contributed by atoms with E-state index in [1.165, 1.54) is 6.33 Å². The minimum atomic E-state index is -0.711. The molecule has 1 amide bonds. The number of ether oxygens (including phenoxy) is 1. The molecule has 0 bridgehead atoms. The number of anilines is 1. The molecule has 0 saturated heterocycles. The van der Waals surface area contributed by atoms with E-state index in [0.717, 1.165) is 10.1 Å². The number of amides is 1. The number of hydrogen-bond donors (Lipinski definition) is 1. The van der Waals surface area contributed by atoms with Crippen molar-refractivity contribution < 1.29 is 14.3 Å². The second-order valence-corrected chi connectivity index (χ2v) is 6.30. The molecule has 0 radical (unpaired) electrons. The molecule has 0 aliphatic rings. The topological polar surface area (TPSA) is 90.3 Å². The fourth-order valence-electron chi connectivity index (χ4n) is 2.50. The van der Waals surface area contributed by atoms with E-state index < -0.39 is 18.5 Å². The van der Waals surface area contributed by atoms with Gasteiger partial charge < -0.3 is 10.1 Å². The third-order valence-corrected chi connectivity index (χ3v) is 4.09. The number of aromatic nitrogens is 2. The van der Waals surface area contributed by atoms with Gasteiger partial charge in [-0.15, -0.1) is 0 Å². The van der Waals surface area contributed by atoms with E-state index in [2.05, 4.69) is 10.3 Å². The molecule has 0 spiro atoms. The van der Waals surface area contributed by atoms with E-state index in [1.54, 1.807) is 49.4 Å². The molecule has 0 fully saturated rings. The van der Waals surface area contributed by atoms with Gasteiger partial charge in [-0.1, -0.05) is 23.7 Å². The van der Waals surface area contributed by atoms with Crippen molar-refractivity contribution in [3.63, 3.8) is 0 Å². The standard InChI is InChI=1S/C19H16ClN3O4/c1-12-8-13(20)6-7-15(12)22-17(24)10-27-18(25)9-23-11-21-16-5-3-2-4-14(16)19(23)26/h2-8,11H,9-10H2,1H3,(H,22,24). The second-order valence-electron chi connectivity index (χ2n) is 5.86. The minimum absolute atomic E-state index is 0.329. The number of aryl methyl sites for hydroxylation is 1. The van der Waals surface area contributed by atoms with Crippen LogP contribution in [-0.2, 0) is 20.9 Å². The Morgan fingerprint density at radius 1 is 1.22 bits per heavy atom. The Hall–Kier alpha value is -3.19. The van der Waals surface area contributed by atoms with Crippen molar-refractivity contribution in [1.82, 2.24) is 9.55 Å².